The van der Waals surface area contributed by atoms with Gasteiger partial charge >= 0.3 is 18.2 Å². The molecule has 1 atom stereocenters. The smallest absolute Gasteiger partial charge is 0.416 e. The highest BCUT2D eigenvalue weighted by atomic mass is 19.4. The highest BCUT2D eigenvalue weighted by Gasteiger charge is 2.32. The lowest BCUT2D eigenvalue weighted by Gasteiger charge is -2.37. The van der Waals surface area contributed by atoms with Crippen LogP contribution < -0.4 is 10.2 Å². The number of urea groups is 1. The summed E-state index contributed by atoms with van der Waals surface area (Å²) in [7, 11) is 0. The molecule has 0 radical (unpaired) electrons. The first-order valence-corrected chi connectivity index (χ1v) is 8.30. The maximum atomic E-state index is 12.8. The van der Waals surface area contributed by atoms with Crippen LogP contribution in [0.5, 0.6) is 0 Å². The number of piperazine rings is 1. The number of carbonyl (C=O) groups excluding carboxylic acids is 1. The largest absolute Gasteiger partial charge is 0.480 e. The lowest BCUT2D eigenvalue weighted by molar-refractivity contribution is -0.140. The molecule has 1 aromatic carbocycles. The van der Waals surface area contributed by atoms with Crippen molar-refractivity contribution >= 4 is 17.7 Å². The molecule has 1 aliphatic heterocycles. The van der Waals surface area contributed by atoms with Crippen LogP contribution in [0.4, 0.5) is 23.7 Å². The van der Waals surface area contributed by atoms with Gasteiger partial charge in [0.1, 0.15) is 6.04 Å². The minimum atomic E-state index is -4.40. The summed E-state index contributed by atoms with van der Waals surface area (Å²) in [5, 5.41) is 11.6. The lowest BCUT2D eigenvalue weighted by atomic mass is 10.1. The van der Waals surface area contributed by atoms with Gasteiger partial charge in [-0.05, 0) is 24.1 Å². The number of aliphatic carboxylic acids is 1. The summed E-state index contributed by atoms with van der Waals surface area (Å²) in [6.07, 6.45) is -4.40. The fraction of sp³-hybridized carbons (Fsp3) is 0.529. The molecule has 1 aromatic rings. The van der Waals surface area contributed by atoms with Gasteiger partial charge in [0.15, 0.2) is 0 Å². The van der Waals surface area contributed by atoms with E-state index in [2.05, 4.69) is 5.32 Å². The van der Waals surface area contributed by atoms with Gasteiger partial charge in [0.25, 0.3) is 0 Å². The van der Waals surface area contributed by atoms with Crippen LogP contribution in [0.25, 0.3) is 0 Å². The van der Waals surface area contributed by atoms with Crippen LogP contribution in [0.3, 0.4) is 0 Å². The van der Waals surface area contributed by atoms with Crippen LogP contribution in [0.15, 0.2) is 24.3 Å². The number of benzene rings is 1. The number of carboxylic acids is 1. The Kier molecular flexibility index (Phi) is 5.99. The Bertz CT molecular complexity index is 656. The third-order valence-corrected chi connectivity index (χ3v) is 4.32. The molecule has 2 N–H and O–H groups in total. The average molecular weight is 373 g/mol. The van der Waals surface area contributed by atoms with Crippen molar-refractivity contribution in [1.29, 1.82) is 0 Å². The van der Waals surface area contributed by atoms with Crippen LogP contribution in [-0.4, -0.2) is 54.2 Å². The lowest BCUT2D eigenvalue weighted by Crippen LogP contribution is -2.55. The molecule has 1 aliphatic rings. The number of rotatable bonds is 4. The first-order valence-electron chi connectivity index (χ1n) is 8.30. The third-order valence-electron chi connectivity index (χ3n) is 4.32. The molecule has 6 nitrogen and oxygen atoms in total. The van der Waals surface area contributed by atoms with Crippen molar-refractivity contribution in [3.05, 3.63) is 29.8 Å². The summed E-state index contributed by atoms with van der Waals surface area (Å²) in [5.41, 5.74) is -0.262. The van der Waals surface area contributed by atoms with Gasteiger partial charge in [-0.25, -0.2) is 9.59 Å². The molecule has 144 valence electrons. The van der Waals surface area contributed by atoms with Crippen molar-refractivity contribution in [3.63, 3.8) is 0 Å². The van der Waals surface area contributed by atoms with Gasteiger partial charge in [-0.3, -0.25) is 0 Å². The number of anilines is 1. The zero-order valence-electron chi connectivity index (χ0n) is 14.6. The summed E-state index contributed by atoms with van der Waals surface area (Å²) in [6, 6.07) is 3.61. The molecule has 0 aliphatic carbocycles. The number of nitrogens with zero attached hydrogens (tertiary/aromatic N) is 2. The Hall–Kier alpha value is -2.45. The van der Waals surface area contributed by atoms with Gasteiger partial charge in [0.2, 0.25) is 0 Å². The van der Waals surface area contributed by atoms with Gasteiger partial charge in [-0.1, -0.05) is 19.9 Å². The Labute approximate surface area is 149 Å². The van der Waals surface area contributed by atoms with Crippen LogP contribution in [0.1, 0.15) is 19.4 Å². The number of carboxylic acid groups (broad SMARTS) is 1. The fourth-order valence-electron chi connectivity index (χ4n) is 2.78. The maximum Gasteiger partial charge on any atom is 0.416 e. The van der Waals surface area contributed by atoms with E-state index >= 15 is 0 Å². The molecule has 1 saturated heterocycles. The van der Waals surface area contributed by atoms with Crippen LogP contribution >= 0.6 is 0 Å². The molecule has 0 spiro atoms. The van der Waals surface area contributed by atoms with Gasteiger partial charge in [0.05, 0.1) is 5.56 Å². The Morgan fingerprint density at radius 3 is 2.27 bits per heavy atom. The van der Waals surface area contributed by atoms with E-state index in [0.717, 1.165) is 12.1 Å². The first-order chi connectivity index (χ1) is 12.1. The predicted octanol–water partition coefficient (Wildman–Crippen LogP) is 2.65. The summed E-state index contributed by atoms with van der Waals surface area (Å²) >= 11 is 0. The van der Waals surface area contributed by atoms with Crippen molar-refractivity contribution < 1.29 is 27.9 Å². The highest BCUT2D eigenvalue weighted by molar-refractivity contribution is 5.83. The molecule has 9 heteroatoms. The SMILES string of the molecule is CC(C)C(NC(=O)N1CCN(c2cccc(C(F)(F)F)c2)CC1)C(=O)O. The van der Waals surface area contributed by atoms with Crippen molar-refractivity contribution in [3.8, 4) is 0 Å². The number of alkyl halides is 3. The summed E-state index contributed by atoms with van der Waals surface area (Å²) in [4.78, 5) is 26.7. The molecule has 26 heavy (non-hydrogen) atoms. The van der Waals surface area contributed by atoms with Crippen molar-refractivity contribution in [2.24, 2.45) is 5.92 Å². The zero-order valence-corrected chi connectivity index (χ0v) is 14.6. The Morgan fingerprint density at radius 2 is 1.77 bits per heavy atom. The summed E-state index contributed by atoms with van der Waals surface area (Å²) in [5.74, 6) is -1.36. The first kappa shape index (κ1) is 19.9. The van der Waals surface area contributed by atoms with Gasteiger partial charge in [-0.15, -0.1) is 0 Å². The van der Waals surface area contributed by atoms with E-state index in [1.165, 1.54) is 11.0 Å². The molecule has 0 saturated carbocycles. The van der Waals surface area contributed by atoms with Crippen LogP contribution in [0, 0.1) is 5.92 Å². The second-order valence-electron chi connectivity index (χ2n) is 6.53. The Balaban J connectivity index is 1.97. The number of carbonyl (C=O) groups is 2. The molecule has 1 fully saturated rings. The van der Waals surface area contributed by atoms with E-state index < -0.39 is 29.8 Å². The molecule has 1 heterocycles. The van der Waals surface area contributed by atoms with Crippen LogP contribution in [-0.2, 0) is 11.0 Å². The summed E-state index contributed by atoms with van der Waals surface area (Å²) < 4.78 is 38.5. The van der Waals surface area contributed by atoms with E-state index in [1.807, 2.05) is 0 Å². The van der Waals surface area contributed by atoms with Gasteiger partial charge in [-0.2, -0.15) is 13.2 Å². The zero-order chi connectivity index (χ0) is 19.5. The number of hydrogen-bond acceptors (Lipinski definition) is 3. The quantitative estimate of drug-likeness (QED) is 0.851. The van der Waals surface area contributed by atoms with E-state index in [1.54, 1.807) is 24.8 Å². The second kappa shape index (κ2) is 7.84. The molecular formula is C17H22F3N3O3. The van der Waals surface area contributed by atoms with E-state index in [9.17, 15) is 22.8 Å². The molecular weight excluding hydrogens is 351 g/mol. The minimum Gasteiger partial charge on any atom is -0.480 e. The second-order valence-corrected chi connectivity index (χ2v) is 6.53. The van der Waals surface area contributed by atoms with Crippen LogP contribution in [0.2, 0.25) is 0 Å². The standard InChI is InChI=1S/C17H22F3N3O3/c1-11(2)14(15(24)25)21-16(26)23-8-6-22(7-9-23)13-5-3-4-12(10-13)17(18,19)20/h3-5,10-11,14H,6-9H2,1-2H3,(H,21,26)(H,24,25). The highest BCUT2D eigenvalue weighted by Crippen LogP contribution is 2.31. The number of hydrogen-bond donors (Lipinski definition) is 2. The van der Waals surface area contributed by atoms with E-state index in [-0.39, 0.29) is 5.92 Å². The molecule has 0 bridgehead atoms. The molecule has 2 rings (SSSR count). The van der Waals surface area contributed by atoms with Gasteiger partial charge < -0.3 is 20.2 Å². The topological polar surface area (TPSA) is 72.9 Å². The average Bonchev–Trinajstić information content (AvgIpc) is 2.58. The summed E-state index contributed by atoms with van der Waals surface area (Å²) in [6.45, 7) is 4.73. The fourth-order valence-corrected chi connectivity index (χ4v) is 2.78. The molecule has 2 amide bonds. The number of nitrogens with one attached hydrogen (secondary N) is 1. The van der Waals surface area contributed by atoms with Gasteiger partial charge in [0, 0.05) is 31.9 Å². The third kappa shape index (κ3) is 4.80. The molecule has 1 unspecified atom stereocenters. The predicted molar refractivity (Wildman–Crippen MR) is 90.0 cm³/mol. The monoisotopic (exact) mass is 373 g/mol. The van der Waals surface area contributed by atoms with Crippen molar-refractivity contribution in [1.82, 2.24) is 10.2 Å². The van der Waals surface area contributed by atoms with E-state index in [0.29, 0.717) is 31.9 Å². The van der Waals surface area contributed by atoms with Crippen molar-refractivity contribution in [2.45, 2.75) is 26.1 Å². The maximum absolute atomic E-state index is 12.8. The Morgan fingerprint density at radius 1 is 1.15 bits per heavy atom. The van der Waals surface area contributed by atoms with Crippen molar-refractivity contribution in [2.75, 3.05) is 31.1 Å². The number of amides is 2. The number of halogens is 3. The minimum absolute atomic E-state index is 0.261. The molecule has 0 aromatic heterocycles. The normalized spacial score (nSPS) is 16.5. The van der Waals surface area contributed by atoms with E-state index in [4.69, 9.17) is 5.11 Å².